The summed E-state index contributed by atoms with van der Waals surface area (Å²) in [6.45, 7) is 0. The zero-order chi connectivity index (χ0) is 9.84. The Kier molecular flexibility index (Phi) is 4.79. The van der Waals surface area contributed by atoms with E-state index in [0.29, 0.717) is 5.56 Å². The topological polar surface area (TPSA) is 115 Å². The molecule has 0 heterocycles. The largest absolute Gasteiger partial charge is 0.480 e. The van der Waals surface area contributed by atoms with Gasteiger partial charge < -0.3 is 21.4 Å². The van der Waals surface area contributed by atoms with Crippen molar-refractivity contribution in [2.45, 2.75) is 12.1 Å². The summed E-state index contributed by atoms with van der Waals surface area (Å²) in [5, 5.41) is 18.0. The highest BCUT2D eigenvalue weighted by molar-refractivity contribution is 5.74. The SMILES string of the molecule is N[C@H](C(=O)O)C(O)c1ccccc1.O. The molecule has 14 heavy (non-hydrogen) atoms. The van der Waals surface area contributed by atoms with Crippen LogP contribution in [-0.2, 0) is 4.79 Å². The van der Waals surface area contributed by atoms with E-state index in [2.05, 4.69) is 0 Å². The van der Waals surface area contributed by atoms with Gasteiger partial charge in [0, 0.05) is 0 Å². The van der Waals surface area contributed by atoms with E-state index in [1.165, 1.54) is 0 Å². The second-order valence-corrected chi connectivity index (χ2v) is 2.72. The van der Waals surface area contributed by atoms with Crippen LogP contribution in [0.15, 0.2) is 30.3 Å². The van der Waals surface area contributed by atoms with Gasteiger partial charge in [-0.1, -0.05) is 30.3 Å². The molecule has 0 radical (unpaired) electrons. The fraction of sp³-hybridized carbons (Fsp3) is 0.222. The van der Waals surface area contributed by atoms with Gasteiger partial charge in [0.05, 0.1) is 0 Å². The van der Waals surface area contributed by atoms with E-state index < -0.39 is 18.1 Å². The third-order valence-corrected chi connectivity index (χ3v) is 1.77. The van der Waals surface area contributed by atoms with Crippen LogP contribution in [0.1, 0.15) is 11.7 Å². The van der Waals surface area contributed by atoms with Crippen molar-refractivity contribution in [2.24, 2.45) is 5.73 Å². The molecule has 2 atom stereocenters. The van der Waals surface area contributed by atoms with Crippen LogP contribution in [0.2, 0.25) is 0 Å². The van der Waals surface area contributed by atoms with Gasteiger partial charge in [0.2, 0.25) is 0 Å². The Morgan fingerprint density at radius 2 is 1.79 bits per heavy atom. The summed E-state index contributed by atoms with van der Waals surface area (Å²) in [5.74, 6) is -1.21. The van der Waals surface area contributed by atoms with Crippen LogP contribution < -0.4 is 5.73 Å². The first-order valence-electron chi connectivity index (χ1n) is 3.84. The lowest BCUT2D eigenvalue weighted by Crippen LogP contribution is -2.36. The lowest BCUT2D eigenvalue weighted by molar-refractivity contribution is -0.141. The predicted molar refractivity (Wildman–Crippen MR) is 50.6 cm³/mol. The summed E-state index contributed by atoms with van der Waals surface area (Å²) < 4.78 is 0. The minimum Gasteiger partial charge on any atom is -0.480 e. The predicted octanol–water partition coefficient (Wildman–Crippen LogP) is -0.693. The van der Waals surface area contributed by atoms with Crippen LogP contribution in [0.4, 0.5) is 0 Å². The second-order valence-electron chi connectivity index (χ2n) is 2.72. The van der Waals surface area contributed by atoms with Gasteiger partial charge in [0.25, 0.3) is 0 Å². The van der Waals surface area contributed by atoms with E-state index in [4.69, 9.17) is 10.8 Å². The minimum atomic E-state index is -1.28. The minimum absolute atomic E-state index is 0. The molecule has 0 aliphatic rings. The molecule has 0 aliphatic heterocycles. The maximum absolute atomic E-state index is 10.4. The monoisotopic (exact) mass is 199 g/mol. The van der Waals surface area contributed by atoms with Crippen molar-refractivity contribution in [3.8, 4) is 0 Å². The average molecular weight is 199 g/mol. The highest BCUT2D eigenvalue weighted by atomic mass is 16.4. The van der Waals surface area contributed by atoms with Gasteiger partial charge in [0.15, 0.2) is 0 Å². The second kappa shape index (κ2) is 5.33. The summed E-state index contributed by atoms with van der Waals surface area (Å²) in [4.78, 5) is 10.4. The van der Waals surface area contributed by atoms with Crippen molar-refractivity contribution in [1.82, 2.24) is 0 Å². The van der Waals surface area contributed by atoms with E-state index in [1.54, 1.807) is 30.3 Å². The molecule has 0 fully saturated rings. The molecule has 0 aliphatic carbocycles. The van der Waals surface area contributed by atoms with E-state index >= 15 is 0 Å². The van der Waals surface area contributed by atoms with Crippen LogP contribution in [0.3, 0.4) is 0 Å². The van der Waals surface area contributed by atoms with Crippen LogP contribution >= 0.6 is 0 Å². The van der Waals surface area contributed by atoms with Gasteiger partial charge in [-0.25, -0.2) is 0 Å². The molecule has 1 aromatic carbocycles. The van der Waals surface area contributed by atoms with E-state index in [9.17, 15) is 9.90 Å². The van der Waals surface area contributed by atoms with Crippen molar-refractivity contribution in [3.05, 3.63) is 35.9 Å². The quantitative estimate of drug-likeness (QED) is 0.597. The Labute approximate surface area is 81.1 Å². The number of rotatable bonds is 3. The van der Waals surface area contributed by atoms with Crippen molar-refractivity contribution in [1.29, 1.82) is 0 Å². The normalized spacial score (nSPS) is 13.9. The molecule has 0 aromatic heterocycles. The van der Waals surface area contributed by atoms with Gasteiger partial charge in [-0.15, -0.1) is 0 Å². The number of nitrogens with two attached hydrogens (primary N) is 1. The Balaban J connectivity index is 0.00000169. The van der Waals surface area contributed by atoms with Crippen molar-refractivity contribution in [2.75, 3.05) is 0 Å². The van der Waals surface area contributed by atoms with Crippen LogP contribution in [0.25, 0.3) is 0 Å². The molecule has 5 nitrogen and oxygen atoms in total. The molecular weight excluding hydrogens is 186 g/mol. The molecule has 0 amide bonds. The zero-order valence-electron chi connectivity index (χ0n) is 7.42. The highest BCUT2D eigenvalue weighted by Crippen LogP contribution is 2.14. The molecule has 6 N–H and O–H groups in total. The molecule has 0 saturated heterocycles. The van der Waals surface area contributed by atoms with Crippen molar-refractivity contribution >= 4 is 5.97 Å². The first kappa shape index (κ1) is 12.6. The Hall–Kier alpha value is -1.43. The first-order chi connectivity index (χ1) is 6.13. The van der Waals surface area contributed by atoms with Crippen LogP contribution in [-0.4, -0.2) is 27.7 Å². The Morgan fingerprint density at radius 1 is 1.29 bits per heavy atom. The molecule has 0 spiro atoms. The number of carboxylic acids is 1. The third-order valence-electron chi connectivity index (χ3n) is 1.77. The van der Waals surface area contributed by atoms with Gasteiger partial charge in [-0.05, 0) is 5.56 Å². The third kappa shape index (κ3) is 2.81. The maximum atomic E-state index is 10.4. The van der Waals surface area contributed by atoms with Crippen molar-refractivity contribution in [3.63, 3.8) is 0 Å². The number of hydrogen-bond acceptors (Lipinski definition) is 3. The zero-order valence-corrected chi connectivity index (χ0v) is 7.42. The smallest absolute Gasteiger partial charge is 0.323 e. The van der Waals surface area contributed by atoms with Gasteiger partial charge in [-0.2, -0.15) is 0 Å². The number of carboxylic acid groups (broad SMARTS) is 1. The fourth-order valence-electron chi connectivity index (χ4n) is 0.993. The average Bonchev–Trinajstić information content (AvgIpc) is 2.17. The Bertz CT molecular complexity index is 288. The summed E-state index contributed by atoms with van der Waals surface area (Å²) >= 11 is 0. The number of hydrogen-bond donors (Lipinski definition) is 3. The molecule has 5 heteroatoms. The summed E-state index contributed by atoms with van der Waals surface area (Å²) in [5.41, 5.74) is 5.75. The number of benzene rings is 1. The van der Waals surface area contributed by atoms with E-state index in [1.807, 2.05) is 0 Å². The first-order valence-corrected chi connectivity index (χ1v) is 3.84. The number of aliphatic hydroxyl groups is 1. The number of aliphatic hydroxyl groups excluding tert-OH is 1. The highest BCUT2D eigenvalue weighted by Gasteiger charge is 2.22. The number of aliphatic carboxylic acids is 1. The molecule has 0 saturated carbocycles. The van der Waals surface area contributed by atoms with Crippen molar-refractivity contribution < 1.29 is 20.5 Å². The summed E-state index contributed by atoms with van der Waals surface area (Å²) in [6, 6.07) is 7.20. The lowest BCUT2D eigenvalue weighted by atomic mass is 10.0. The van der Waals surface area contributed by atoms with Gasteiger partial charge in [-0.3, -0.25) is 4.79 Å². The molecule has 1 rings (SSSR count). The molecular formula is C9H13NO4. The van der Waals surface area contributed by atoms with Crippen LogP contribution in [0, 0.1) is 0 Å². The summed E-state index contributed by atoms with van der Waals surface area (Å²) in [6.07, 6.45) is -1.15. The van der Waals surface area contributed by atoms with Gasteiger partial charge in [0.1, 0.15) is 12.1 Å². The Morgan fingerprint density at radius 3 is 2.21 bits per heavy atom. The fourth-order valence-corrected chi connectivity index (χ4v) is 0.993. The van der Waals surface area contributed by atoms with Crippen LogP contribution in [0.5, 0.6) is 0 Å². The maximum Gasteiger partial charge on any atom is 0.323 e. The lowest BCUT2D eigenvalue weighted by Gasteiger charge is -2.14. The molecule has 78 valence electrons. The number of carbonyl (C=O) groups is 1. The van der Waals surface area contributed by atoms with E-state index in [0.717, 1.165) is 0 Å². The molecule has 0 bridgehead atoms. The standard InChI is InChI=1S/C9H11NO3.H2O/c10-7(9(12)13)8(11)6-4-2-1-3-5-6;/h1-5,7-8,11H,10H2,(H,12,13);1H2/t7-,8?;/m0./s1. The van der Waals surface area contributed by atoms with Gasteiger partial charge >= 0.3 is 5.97 Å². The molecule has 1 unspecified atom stereocenters. The van der Waals surface area contributed by atoms with E-state index in [-0.39, 0.29) is 5.48 Å². The molecule has 1 aromatic rings. The summed E-state index contributed by atoms with van der Waals surface area (Å²) in [7, 11) is 0.